The SMILES string of the molecule is c1ccc(N2c3ccccc3[Si](c3ccccc3)(c3ccccc3)c3ccc(-c4ccc(N(c5ccc(-c6cccc7ccccc67)cc5)c5cc6ccccc6c6ccccc56)cc4)cc32)cc1. The molecule has 0 N–H and O–H groups in total. The Morgan fingerprint density at radius 2 is 0.812 bits per heavy atom. The van der Waals surface area contributed by atoms with Crippen molar-refractivity contribution in [3.05, 3.63) is 279 Å². The van der Waals surface area contributed by atoms with Gasteiger partial charge in [-0.1, -0.05) is 224 Å². The summed E-state index contributed by atoms with van der Waals surface area (Å²) < 4.78 is 0. The van der Waals surface area contributed by atoms with Gasteiger partial charge in [-0.15, -0.1) is 0 Å². The van der Waals surface area contributed by atoms with Crippen LogP contribution < -0.4 is 30.5 Å². The fourth-order valence-electron chi connectivity index (χ4n) is 11.2. The molecule has 0 fully saturated rings. The van der Waals surface area contributed by atoms with Crippen LogP contribution in [0.2, 0.25) is 0 Å². The monoisotopic (exact) mass is 894 g/mol. The van der Waals surface area contributed by atoms with Gasteiger partial charge in [0.25, 0.3) is 0 Å². The normalized spacial score (nSPS) is 12.7. The van der Waals surface area contributed by atoms with Crippen molar-refractivity contribution in [2.24, 2.45) is 0 Å². The highest BCUT2D eigenvalue weighted by Gasteiger charge is 2.48. The van der Waals surface area contributed by atoms with Crippen molar-refractivity contribution in [3.63, 3.8) is 0 Å². The van der Waals surface area contributed by atoms with Crippen molar-refractivity contribution in [1.82, 2.24) is 0 Å². The van der Waals surface area contributed by atoms with E-state index in [1.807, 2.05) is 0 Å². The Kier molecular flexibility index (Phi) is 9.88. The molecular weight excluding hydrogens is 849 g/mol. The van der Waals surface area contributed by atoms with Crippen molar-refractivity contribution in [3.8, 4) is 22.3 Å². The van der Waals surface area contributed by atoms with Gasteiger partial charge in [-0.3, -0.25) is 0 Å². The molecule has 13 rings (SSSR count). The van der Waals surface area contributed by atoms with E-state index in [9.17, 15) is 0 Å². The van der Waals surface area contributed by atoms with E-state index in [-0.39, 0.29) is 0 Å². The molecule has 0 atom stereocenters. The largest absolute Gasteiger partial charge is 0.311 e. The summed E-state index contributed by atoms with van der Waals surface area (Å²) in [5.41, 5.74) is 11.7. The maximum Gasteiger partial charge on any atom is 0.184 e. The van der Waals surface area contributed by atoms with Gasteiger partial charge in [-0.2, -0.15) is 0 Å². The van der Waals surface area contributed by atoms with Gasteiger partial charge in [0.1, 0.15) is 0 Å². The van der Waals surface area contributed by atoms with Gasteiger partial charge in [0, 0.05) is 33.8 Å². The van der Waals surface area contributed by atoms with E-state index < -0.39 is 8.07 Å². The molecule has 1 aliphatic rings. The first-order valence-electron chi connectivity index (χ1n) is 23.8. The Labute approximate surface area is 404 Å². The highest BCUT2D eigenvalue weighted by molar-refractivity contribution is 7.21. The fourth-order valence-corrected chi connectivity index (χ4v) is 16.3. The molecule has 12 aromatic carbocycles. The second-order valence-corrected chi connectivity index (χ2v) is 21.8. The summed E-state index contributed by atoms with van der Waals surface area (Å²) in [5.74, 6) is 0. The first-order chi connectivity index (χ1) is 34.2. The molecule has 0 radical (unpaired) electrons. The standard InChI is InChI=1S/C66H46N2Si/c1-4-22-52(23-5-1)68-62-33-16-17-34-65(62)69(55-24-6-2-7-25-55,56-26-8-3-9-27-56)66-44-39-50(45-64(66)68)47-35-40-53(41-36-47)67(63-46-51-20-11-13-29-59(51)60-30-14-15-31-61(60)63)54-42-37-49(38-43-54)58-32-18-21-48-19-10-12-28-57(48)58/h1-46H. The molecule has 0 saturated carbocycles. The summed E-state index contributed by atoms with van der Waals surface area (Å²) in [5, 5.41) is 12.9. The predicted octanol–water partition coefficient (Wildman–Crippen LogP) is 15.1. The molecule has 0 amide bonds. The number of anilines is 6. The molecule has 69 heavy (non-hydrogen) atoms. The van der Waals surface area contributed by atoms with Gasteiger partial charge in [0.05, 0.1) is 5.69 Å². The Bertz CT molecular complexity index is 3790. The van der Waals surface area contributed by atoms with E-state index in [1.54, 1.807) is 0 Å². The fraction of sp³-hybridized carbons (Fsp3) is 0. The molecule has 12 aromatic rings. The van der Waals surface area contributed by atoms with Crippen molar-refractivity contribution >= 4 is 95.3 Å². The van der Waals surface area contributed by atoms with Gasteiger partial charge in [0.15, 0.2) is 8.07 Å². The molecule has 1 heterocycles. The summed E-state index contributed by atoms with van der Waals surface area (Å²) in [6.45, 7) is 0. The van der Waals surface area contributed by atoms with Gasteiger partial charge in [-0.25, -0.2) is 0 Å². The molecular formula is C66H46N2Si. The molecule has 0 aliphatic carbocycles. The molecule has 3 heteroatoms. The van der Waals surface area contributed by atoms with E-state index in [0.717, 1.165) is 28.3 Å². The number of hydrogen-bond acceptors (Lipinski definition) is 2. The molecule has 324 valence electrons. The first kappa shape index (κ1) is 40.5. The summed E-state index contributed by atoms with van der Waals surface area (Å²) in [4.78, 5) is 4.93. The van der Waals surface area contributed by atoms with Crippen LogP contribution in [0.3, 0.4) is 0 Å². The predicted molar refractivity (Wildman–Crippen MR) is 296 cm³/mol. The first-order valence-corrected chi connectivity index (χ1v) is 25.8. The number of hydrogen-bond donors (Lipinski definition) is 0. The zero-order valence-electron chi connectivity index (χ0n) is 38.0. The molecule has 2 nitrogen and oxygen atoms in total. The molecule has 0 bridgehead atoms. The lowest BCUT2D eigenvalue weighted by Gasteiger charge is -2.45. The van der Waals surface area contributed by atoms with Gasteiger partial charge < -0.3 is 9.80 Å². The topological polar surface area (TPSA) is 6.48 Å². The minimum Gasteiger partial charge on any atom is -0.311 e. The second kappa shape index (κ2) is 16.8. The van der Waals surface area contributed by atoms with Crippen LogP contribution in [0.1, 0.15) is 0 Å². The zero-order valence-corrected chi connectivity index (χ0v) is 39.0. The summed E-state index contributed by atoms with van der Waals surface area (Å²) >= 11 is 0. The molecule has 0 aromatic heterocycles. The Balaban J connectivity index is 0.980. The lowest BCUT2D eigenvalue weighted by molar-refractivity contribution is 1.29. The van der Waals surface area contributed by atoms with Crippen molar-refractivity contribution in [1.29, 1.82) is 0 Å². The van der Waals surface area contributed by atoms with Crippen molar-refractivity contribution in [2.75, 3.05) is 9.80 Å². The maximum atomic E-state index is 2.49. The number of fused-ring (bicyclic) bond motifs is 6. The number of para-hydroxylation sites is 2. The van der Waals surface area contributed by atoms with E-state index in [4.69, 9.17) is 0 Å². The zero-order chi connectivity index (χ0) is 45.7. The van der Waals surface area contributed by atoms with Crippen LogP contribution in [0, 0.1) is 0 Å². The average molecular weight is 895 g/mol. The summed E-state index contributed by atoms with van der Waals surface area (Å²) in [6, 6.07) is 103. The van der Waals surface area contributed by atoms with Crippen LogP contribution in [-0.4, -0.2) is 8.07 Å². The van der Waals surface area contributed by atoms with E-state index in [2.05, 4.69) is 289 Å². The van der Waals surface area contributed by atoms with Gasteiger partial charge in [0.2, 0.25) is 0 Å². The lowest BCUT2D eigenvalue weighted by Crippen LogP contribution is -2.77. The number of nitrogens with zero attached hydrogens (tertiary/aromatic N) is 2. The van der Waals surface area contributed by atoms with Gasteiger partial charge in [-0.05, 0) is 125 Å². The Hall–Kier alpha value is -8.76. The molecule has 0 spiro atoms. The summed E-state index contributed by atoms with van der Waals surface area (Å²) in [7, 11) is -2.80. The highest BCUT2D eigenvalue weighted by atomic mass is 28.3. The Morgan fingerprint density at radius 1 is 0.304 bits per heavy atom. The lowest BCUT2D eigenvalue weighted by atomic mass is 9.97. The average Bonchev–Trinajstić information content (AvgIpc) is 3.43. The third kappa shape index (κ3) is 6.70. The number of rotatable bonds is 8. The van der Waals surface area contributed by atoms with E-state index >= 15 is 0 Å². The van der Waals surface area contributed by atoms with Crippen LogP contribution in [0.5, 0.6) is 0 Å². The van der Waals surface area contributed by atoms with E-state index in [1.165, 1.54) is 81.1 Å². The smallest absolute Gasteiger partial charge is 0.184 e. The van der Waals surface area contributed by atoms with Crippen LogP contribution >= 0.6 is 0 Å². The third-order valence-corrected chi connectivity index (χ3v) is 19.2. The molecule has 0 unspecified atom stereocenters. The van der Waals surface area contributed by atoms with Crippen LogP contribution in [0.4, 0.5) is 34.1 Å². The van der Waals surface area contributed by atoms with Crippen LogP contribution in [0.15, 0.2) is 279 Å². The maximum absolute atomic E-state index is 2.80. The van der Waals surface area contributed by atoms with Crippen LogP contribution in [0.25, 0.3) is 54.6 Å². The molecule has 0 saturated heterocycles. The van der Waals surface area contributed by atoms with E-state index in [0.29, 0.717) is 0 Å². The highest BCUT2D eigenvalue weighted by Crippen LogP contribution is 2.44. The number of benzene rings is 12. The van der Waals surface area contributed by atoms with Crippen LogP contribution in [-0.2, 0) is 0 Å². The third-order valence-electron chi connectivity index (χ3n) is 14.3. The second-order valence-electron chi connectivity index (χ2n) is 18.0. The van der Waals surface area contributed by atoms with Crippen molar-refractivity contribution in [2.45, 2.75) is 0 Å². The molecule has 1 aliphatic heterocycles. The summed E-state index contributed by atoms with van der Waals surface area (Å²) in [6.07, 6.45) is 0. The Morgan fingerprint density at radius 3 is 1.51 bits per heavy atom. The quantitative estimate of drug-likeness (QED) is 0.111. The minimum absolute atomic E-state index is 1.09. The van der Waals surface area contributed by atoms with Crippen molar-refractivity contribution < 1.29 is 0 Å². The van der Waals surface area contributed by atoms with Gasteiger partial charge >= 0.3 is 0 Å². The minimum atomic E-state index is -2.80.